The fourth-order valence-electron chi connectivity index (χ4n) is 2.05. The molecule has 0 aromatic carbocycles. The molecule has 0 rings (SSSR count). The Labute approximate surface area is 130 Å². The van der Waals surface area contributed by atoms with E-state index in [1.165, 1.54) is 30.6 Å². The fourth-order valence-corrected chi connectivity index (χ4v) is 4.93. The molecule has 0 saturated carbocycles. The third-order valence-electron chi connectivity index (χ3n) is 3.72. The van der Waals surface area contributed by atoms with Gasteiger partial charge in [0, 0.05) is 19.0 Å². The maximum atomic E-state index is 12.4. The van der Waals surface area contributed by atoms with Crippen molar-refractivity contribution in [2.24, 2.45) is 5.92 Å². The van der Waals surface area contributed by atoms with Gasteiger partial charge in [0.2, 0.25) is 0 Å². The predicted molar refractivity (Wildman–Crippen MR) is 93.0 cm³/mol. The van der Waals surface area contributed by atoms with E-state index in [-0.39, 0.29) is 0 Å². The first-order valence-electron chi connectivity index (χ1n) is 8.07. The first kappa shape index (κ1) is 20.5. The van der Waals surface area contributed by atoms with E-state index in [9.17, 15) is 4.57 Å². The molecule has 20 heavy (non-hydrogen) atoms. The molecule has 0 spiro atoms. The van der Waals surface area contributed by atoms with Crippen LogP contribution in [-0.4, -0.2) is 43.6 Å². The van der Waals surface area contributed by atoms with Gasteiger partial charge in [0.1, 0.15) is 0 Å². The molecule has 3 nitrogen and oxygen atoms in total. The van der Waals surface area contributed by atoms with Crippen molar-refractivity contribution in [2.75, 3.05) is 38.7 Å². The second-order valence-corrected chi connectivity index (χ2v) is 10.6. The summed E-state index contributed by atoms with van der Waals surface area (Å²) in [5, 5.41) is 0. The number of nitrogens with zero attached hydrogens (tertiary/aromatic N) is 1. The molecule has 0 N–H and O–H groups in total. The first-order chi connectivity index (χ1) is 9.49. The van der Waals surface area contributed by atoms with Gasteiger partial charge < -0.3 is 9.42 Å². The van der Waals surface area contributed by atoms with Crippen LogP contribution in [0.1, 0.15) is 53.4 Å². The molecule has 0 amide bonds. The topological polar surface area (TPSA) is 29.5 Å². The average Bonchev–Trinajstić information content (AvgIpc) is 2.44. The van der Waals surface area contributed by atoms with Gasteiger partial charge in [-0.05, 0) is 25.4 Å². The van der Waals surface area contributed by atoms with Crippen LogP contribution < -0.4 is 0 Å². The Kier molecular flexibility index (Phi) is 12.4. The SMILES string of the molecule is CCCCC(CC)COP(C)(=O)SCCN(CC)CC. The van der Waals surface area contributed by atoms with Gasteiger partial charge in [-0.3, -0.25) is 4.57 Å². The minimum absolute atomic E-state index is 0.562. The summed E-state index contributed by atoms with van der Waals surface area (Å²) in [5.74, 6) is 1.45. The molecule has 2 atom stereocenters. The molecule has 0 aromatic rings. The molecule has 0 saturated heterocycles. The van der Waals surface area contributed by atoms with Crippen LogP contribution in [0.4, 0.5) is 0 Å². The second kappa shape index (κ2) is 12.1. The maximum Gasteiger partial charge on any atom is 0.254 e. The van der Waals surface area contributed by atoms with Crippen molar-refractivity contribution in [3.05, 3.63) is 0 Å². The molecule has 5 heteroatoms. The Hall–Kier alpha value is 0.500. The predicted octanol–water partition coefficient (Wildman–Crippen LogP) is 5.12. The van der Waals surface area contributed by atoms with Crippen LogP contribution in [0.25, 0.3) is 0 Å². The Balaban J connectivity index is 3.95. The maximum absolute atomic E-state index is 12.4. The fraction of sp³-hybridized carbons (Fsp3) is 1.00. The van der Waals surface area contributed by atoms with Gasteiger partial charge in [0.15, 0.2) is 0 Å². The van der Waals surface area contributed by atoms with Gasteiger partial charge >= 0.3 is 0 Å². The molecule has 0 aliphatic rings. The van der Waals surface area contributed by atoms with Gasteiger partial charge in [0.25, 0.3) is 6.57 Å². The Morgan fingerprint density at radius 1 is 1.20 bits per heavy atom. The summed E-state index contributed by atoms with van der Waals surface area (Å²) in [6.07, 6.45) is 4.77. The van der Waals surface area contributed by atoms with Crippen molar-refractivity contribution in [2.45, 2.75) is 53.4 Å². The second-order valence-electron chi connectivity index (χ2n) is 5.34. The van der Waals surface area contributed by atoms with Crippen molar-refractivity contribution in [1.29, 1.82) is 0 Å². The average molecular weight is 323 g/mol. The van der Waals surface area contributed by atoms with Crippen molar-refractivity contribution >= 4 is 18.0 Å². The van der Waals surface area contributed by atoms with E-state index in [1.807, 2.05) is 0 Å². The van der Waals surface area contributed by atoms with E-state index in [2.05, 4.69) is 32.6 Å². The van der Waals surface area contributed by atoms with Crippen molar-refractivity contribution < 1.29 is 9.09 Å². The molecule has 122 valence electrons. The van der Waals surface area contributed by atoms with Crippen LogP contribution in [0, 0.1) is 5.92 Å². The lowest BCUT2D eigenvalue weighted by Crippen LogP contribution is -2.25. The third kappa shape index (κ3) is 10.3. The van der Waals surface area contributed by atoms with Crippen LogP contribution in [0.3, 0.4) is 0 Å². The largest absolute Gasteiger partial charge is 0.321 e. The molecular weight excluding hydrogens is 289 g/mol. The highest BCUT2D eigenvalue weighted by molar-refractivity contribution is 8.56. The van der Waals surface area contributed by atoms with Gasteiger partial charge in [-0.2, -0.15) is 0 Å². The van der Waals surface area contributed by atoms with E-state index in [0.717, 1.165) is 31.8 Å². The number of hydrogen-bond donors (Lipinski definition) is 0. The monoisotopic (exact) mass is 323 g/mol. The highest BCUT2D eigenvalue weighted by Crippen LogP contribution is 2.56. The first-order valence-corrected chi connectivity index (χ1v) is 11.7. The normalized spacial score (nSPS) is 16.3. The zero-order chi connectivity index (χ0) is 15.4. The molecule has 0 aliphatic carbocycles. The van der Waals surface area contributed by atoms with Crippen LogP contribution in [-0.2, 0) is 9.09 Å². The molecular formula is C15H34NO2PS. The molecule has 0 radical (unpaired) electrons. The molecule has 0 aliphatic heterocycles. The van der Waals surface area contributed by atoms with E-state index in [0.29, 0.717) is 12.5 Å². The Bertz CT molecular complexity index is 273. The smallest absolute Gasteiger partial charge is 0.254 e. The summed E-state index contributed by atoms with van der Waals surface area (Å²) in [6.45, 7) is 11.8. The lowest BCUT2D eigenvalue weighted by molar-refractivity contribution is 0.243. The lowest BCUT2D eigenvalue weighted by Gasteiger charge is -2.21. The van der Waals surface area contributed by atoms with Gasteiger partial charge in [-0.25, -0.2) is 0 Å². The highest BCUT2D eigenvalue weighted by atomic mass is 32.7. The molecule has 0 aromatic heterocycles. The van der Waals surface area contributed by atoms with Crippen molar-refractivity contribution in [1.82, 2.24) is 4.90 Å². The Morgan fingerprint density at radius 3 is 2.35 bits per heavy atom. The van der Waals surface area contributed by atoms with E-state index < -0.39 is 6.57 Å². The van der Waals surface area contributed by atoms with E-state index in [1.54, 1.807) is 6.66 Å². The standard InChI is InChI=1S/C15H34NO2PS/c1-6-10-11-15(7-2)14-18-19(5,17)20-13-12-16(8-3)9-4/h15H,6-14H2,1-5H3. The zero-order valence-corrected chi connectivity index (χ0v) is 15.8. The van der Waals surface area contributed by atoms with Crippen molar-refractivity contribution in [3.63, 3.8) is 0 Å². The zero-order valence-electron chi connectivity index (χ0n) is 14.1. The lowest BCUT2D eigenvalue weighted by atomic mass is 10.0. The molecule has 0 bridgehead atoms. The summed E-state index contributed by atoms with van der Waals surface area (Å²) < 4.78 is 18.1. The van der Waals surface area contributed by atoms with Crippen LogP contribution >= 0.6 is 18.0 Å². The minimum Gasteiger partial charge on any atom is -0.321 e. The molecule has 2 unspecified atom stereocenters. The number of unbranched alkanes of at least 4 members (excludes halogenated alkanes) is 1. The van der Waals surface area contributed by atoms with E-state index in [4.69, 9.17) is 4.52 Å². The van der Waals surface area contributed by atoms with Crippen molar-refractivity contribution in [3.8, 4) is 0 Å². The summed E-state index contributed by atoms with van der Waals surface area (Å²) in [4.78, 5) is 2.35. The highest BCUT2D eigenvalue weighted by Gasteiger charge is 2.19. The van der Waals surface area contributed by atoms with Gasteiger partial charge in [-0.1, -0.05) is 58.3 Å². The van der Waals surface area contributed by atoms with Gasteiger partial charge in [0.05, 0.1) is 6.61 Å². The van der Waals surface area contributed by atoms with Crippen LogP contribution in [0.5, 0.6) is 0 Å². The van der Waals surface area contributed by atoms with Crippen LogP contribution in [0.2, 0.25) is 0 Å². The third-order valence-corrected chi connectivity index (χ3v) is 7.44. The quantitative estimate of drug-likeness (QED) is 0.440. The number of hydrogen-bond acceptors (Lipinski definition) is 4. The van der Waals surface area contributed by atoms with Crippen LogP contribution in [0.15, 0.2) is 0 Å². The molecule has 0 fully saturated rings. The van der Waals surface area contributed by atoms with E-state index >= 15 is 0 Å². The Morgan fingerprint density at radius 2 is 1.85 bits per heavy atom. The summed E-state index contributed by atoms with van der Waals surface area (Å²) in [6, 6.07) is 0. The summed E-state index contributed by atoms with van der Waals surface area (Å²) >= 11 is 1.51. The van der Waals surface area contributed by atoms with Gasteiger partial charge in [-0.15, -0.1) is 0 Å². The molecule has 0 heterocycles. The minimum atomic E-state index is -2.48. The summed E-state index contributed by atoms with van der Waals surface area (Å²) in [5.41, 5.74) is 0. The summed E-state index contributed by atoms with van der Waals surface area (Å²) in [7, 11) is 0. The number of rotatable bonds is 13.